The molecule has 3 saturated carbocycles. The van der Waals surface area contributed by atoms with Crippen LogP contribution in [0, 0.1) is 34.5 Å². The topological polar surface area (TPSA) is 17.1 Å². The number of allylic oxidation sites excluding steroid dienone is 2. The molecular weight excluding hydrogens is 268 g/mol. The Morgan fingerprint density at radius 2 is 1.91 bits per heavy atom. The van der Waals surface area contributed by atoms with Gasteiger partial charge in [-0.3, -0.25) is 4.79 Å². The van der Waals surface area contributed by atoms with Crippen LogP contribution in [0.1, 0.15) is 78.6 Å². The molecule has 1 heteroatoms. The molecule has 4 aliphatic rings. The Balaban J connectivity index is 1.74. The van der Waals surface area contributed by atoms with Gasteiger partial charge in [-0.2, -0.15) is 0 Å². The normalized spacial score (nSPS) is 50.9. The highest BCUT2D eigenvalue weighted by Crippen LogP contribution is 2.65. The molecule has 0 radical (unpaired) electrons. The van der Waals surface area contributed by atoms with Crippen molar-refractivity contribution in [1.82, 2.24) is 0 Å². The first-order chi connectivity index (χ1) is 10.5. The van der Waals surface area contributed by atoms with E-state index in [1.54, 1.807) is 0 Å². The molecule has 122 valence electrons. The van der Waals surface area contributed by atoms with Gasteiger partial charge in [0.15, 0.2) is 0 Å². The number of hydrogen-bond donors (Lipinski definition) is 0. The van der Waals surface area contributed by atoms with Gasteiger partial charge in [0, 0.05) is 11.8 Å². The third-order valence-electron chi connectivity index (χ3n) is 8.38. The van der Waals surface area contributed by atoms with Crippen LogP contribution in [0.15, 0.2) is 11.6 Å². The maximum Gasteiger partial charge on any atom is 0.139 e. The zero-order valence-electron chi connectivity index (χ0n) is 14.7. The van der Waals surface area contributed by atoms with Gasteiger partial charge in [-0.05, 0) is 80.5 Å². The van der Waals surface area contributed by atoms with Crippen LogP contribution >= 0.6 is 0 Å². The first kappa shape index (κ1) is 15.0. The van der Waals surface area contributed by atoms with Crippen molar-refractivity contribution in [3.8, 4) is 0 Å². The van der Waals surface area contributed by atoms with Gasteiger partial charge in [-0.15, -0.1) is 0 Å². The summed E-state index contributed by atoms with van der Waals surface area (Å²) in [6.45, 7) is 7.26. The van der Waals surface area contributed by atoms with E-state index in [9.17, 15) is 4.79 Å². The molecule has 3 fully saturated rings. The zero-order valence-corrected chi connectivity index (χ0v) is 14.7. The van der Waals surface area contributed by atoms with E-state index in [1.165, 1.54) is 44.9 Å². The van der Waals surface area contributed by atoms with Crippen LogP contribution in [-0.2, 0) is 4.79 Å². The molecule has 22 heavy (non-hydrogen) atoms. The minimum absolute atomic E-state index is 0.0334. The van der Waals surface area contributed by atoms with E-state index in [2.05, 4.69) is 26.8 Å². The molecule has 6 atom stereocenters. The Kier molecular flexibility index (Phi) is 3.37. The lowest BCUT2D eigenvalue weighted by Gasteiger charge is -2.59. The quantitative estimate of drug-likeness (QED) is 0.581. The fraction of sp³-hybridized carbons (Fsp3) is 0.857. The van der Waals surface area contributed by atoms with E-state index in [0.717, 1.165) is 30.6 Å². The van der Waals surface area contributed by atoms with Crippen LogP contribution in [0.3, 0.4) is 0 Å². The predicted octanol–water partition coefficient (Wildman–Crippen LogP) is 5.54. The summed E-state index contributed by atoms with van der Waals surface area (Å²) in [6, 6.07) is 0. The molecule has 0 bridgehead atoms. The van der Waals surface area contributed by atoms with E-state index in [0.29, 0.717) is 17.1 Å². The molecule has 0 aromatic rings. The van der Waals surface area contributed by atoms with Crippen molar-refractivity contribution in [2.24, 2.45) is 34.5 Å². The lowest BCUT2D eigenvalue weighted by Crippen LogP contribution is -2.52. The average molecular weight is 300 g/mol. The third-order valence-corrected chi connectivity index (χ3v) is 8.38. The summed E-state index contributed by atoms with van der Waals surface area (Å²) < 4.78 is 0. The summed E-state index contributed by atoms with van der Waals surface area (Å²) in [4.78, 5) is 12.5. The highest BCUT2D eigenvalue weighted by molar-refractivity contribution is 5.87. The summed E-state index contributed by atoms with van der Waals surface area (Å²) in [5.41, 5.74) is 2.30. The summed E-state index contributed by atoms with van der Waals surface area (Å²) in [5, 5.41) is 0. The minimum Gasteiger partial charge on any atom is -0.299 e. The summed E-state index contributed by atoms with van der Waals surface area (Å²) in [6.07, 6.45) is 13.9. The molecule has 0 aliphatic heterocycles. The Hall–Kier alpha value is -0.590. The van der Waals surface area contributed by atoms with Gasteiger partial charge < -0.3 is 0 Å². The average Bonchev–Trinajstić information content (AvgIpc) is 2.82. The first-order valence-electron chi connectivity index (χ1n) is 9.74. The second-order valence-electron chi connectivity index (χ2n) is 9.10. The maximum atomic E-state index is 12.5. The van der Waals surface area contributed by atoms with E-state index < -0.39 is 0 Å². The number of rotatable bonds is 1. The van der Waals surface area contributed by atoms with Gasteiger partial charge in [0.25, 0.3) is 0 Å². The van der Waals surface area contributed by atoms with Crippen LogP contribution < -0.4 is 0 Å². The molecule has 4 aliphatic carbocycles. The van der Waals surface area contributed by atoms with Gasteiger partial charge in [-0.1, -0.05) is 32.4 Å². The predicted molar refractivity (Wildman–Crippen MR) is 90.5 cm³/mol. The molecule has 0 amide bonds. The lowest BCUT2D eigenvalue weighted by molar-refractivity contribution is -0.133. The van der Waals surface area contributed by atoms with Gasteiger partial charge in [0.05, 0.1) is 0 Å². The minimum atomic E-state index is 0.0334. The molecular formula is C21H32O. The summed E-state index contributed by atoms with van der Waals surface area (Å²) >= 11 is 0. The lowest BCUT2D eigenvalue weighted by atomic mass is 9.45. The molecule has 0 N–H and O–H groups in total. The molecule has 0 unspecified atom stereocenters. The standard InChI is InChI=1S/C21H32O/c1-4-14-13-15-17-8-9-19(22)21(17,3)12-10-18(15)20(2)11-6-5-7-16(14)20/h7,14-15,17-18H,4-6,8-13H2,1-3H3/t14-,15-,17-,18-,20-,21-/m0/s1. The molecule has 1 nitrogen and oxygen atoms in total. The van der Waals surface area contributed by atoms with Crippen molar-refractivity contribution in [1.29, 1.82) is 0 Å². The van der Waals surface area contributed by atoms with E-state index in [4.69, 9.17) is 0 Å². The Morgan fingerprint density at radius 3 is 2.68 bits per heavy atom. The molecule has 4 rings (SSSR count). The molecule has 0 heterocycles. The van der Waals surface area contributed by atoms with E-state index in [-0.39, 0.29) is 5.41 Å². The van der Waals surface area contributed by atoms with Crippen molar-refractivity contribution in [3.63, 3.8) is 0 Å². The summed E-state index contributed by atoms with van der Waals surface area (Å²) in [5.74, 6) is 3.73. The number of fused-ring (bicyclic) bond motifs is 5. The van der Waals surface area contributed by atoms with Crippen LogP contribution in [0.5, 0.6) is 0 Å². The molecule has 0 aromatic heterocycles. The van der Waals surface area contributed by atoms with E-state index >= 15 is 0 Å². The SMILES string of the molecule is CC[C@H]1C[C@@H]2[C@H](CC[C@]3(C)C(=O)CC[C@@H]23)[C@@]2(C)CCCC=C12. The number of ketones is 1. The van der Waals surface area contributed by atoms with Gasteiger partial charge >= 0.3 is 0 Å². The highest BCUT2D eigenvalue weighted by Gasteiger charge is 2.59. The molecule has 0 spiro atoms. The van der Waals surface area contributed by atoms with Gasteiger partial charge in [0.2, 0.25) is 0 Å². The molecule has 0 saturated heterocycles. The third kappa shape index (κ3) is 1.80. The van der Waals surface area contributed by atoms with Crippen LogP contribution in [0.25, 0.3) is 0 Å². The fourth-order valence-electron chi connectivity index (χ4n) is 7.16. The second-order valence-corrected chi connectivity index (χ2v) is 9.10. The van der Waals surface area contributed by atoms with Crippen molar-refractivity contribution < 1.29 is 4.79 Å². The highest BCUT2D eigenvalue weighted by atomic mass is 16.1. The smallest absolute Gasteiger partial charge is 0.139 e. The fourth-order valence-corrected chi connectivity index (χ4v) is 7.16. The molecule has 0 aromatic carbocycles. The Bertz CT molecular complexity index is 518. The zero-order chi connectivity index (χ0) is 15.5. The largest absolute Gasteiger partial charge is 0.299 e. The van der Waals surface area contributed by atoms with Crippen LogP contribution in [0.4, 0.5) is 0 Å². The van der Waals surface area contributed by atoms with Gasteiger partial charge in [0.1, 0.15) is 5.78 Å². The monoisotopic (exact) mass is 300 g/mol. The first-order valence-corrected chi connectivity index (χ1v) is 9.74. The van der Waals surface area contributed by atoms with Crippen molar-refractivity contribution in [3.05, 3.63) is 11.6 Å². The van der Waals surface area contributed by atoms with Crippen molar-refractivity contribution in [2.45, 2.75) is 78.6 Å². The van der Waals surface area contributed by atoms with Crippen LogP contribution in [-0.4, -0.2) is 5.78 Å². The second kappa shape index (κ2) is 4.95. The number of carbonyl (C=O) groups is 1. The number of carbonyl (C=O) groups excluding carboxylic acids is 1. The van der Waals surface area contributed by atoms with Gasteiger partial charge in [-0.25, -0.2) is 0 Å². The maximum absolute atomic E-state index is 12.5. The number of hydrogen-bond acceptors (Lipinski definition) is 1. The van der Waals surface area contributed by atoms with Crippen molar-refractivity contribution in [2.75, 3.05) is 0 Å². The Labute approximate surface area is 135 Å². The van der Waals surface area contributed by atoms with E-state index in [1.807, 2.05) is 5.57 Å². The Morgan fingerprint density at radius 1 is 1.14 bits per heavy atom. The summed E-state index contributed by atoms with van der Waals surface area (Å²) in [7, 11) is 0. The van der Waals surface area contributed by atoms with Crippen LogP contribution in [0.2, 0.25) is 0 Å². The number of Topliss-reactive ketones (excluding diaryl/α,β-unsaturated/α-hetero) is 1. The van der Waals surface area contributed by atoms with Crippen molar-refractivity contribution >= 4 is 5.78 Å².